The molecule has 0 fully saturated rings. The third-order valence-electron chi connectivity index (χ3n) is 2.24. The molecule has 0 spiro atoms. The summed E-state index contributed by atoms with van der Waals surface area (Å²) in [5.74, 6) is 0.367. The second-order valence-electron chi connectivity index (χ2n) is 3.60. The Bertz CT molecular complexity index is 347. The first-order valence-corrected chi connectivity index (χ1v) is 5.65. The molecule has 0 aliphatic heterocycles. The summed E-state index contributed by atoms with van der Waals surface area (Å²) in [7, 11) is 0. The summed E-state index contributed by atoms with van der Waals surface area (Å²) in [5, 5.41) is 24.2. The number of aliphatic hydroxyl groups excluding tert-OH is 2. The number of aromatic nitrogens is 3. The molecule has 96 valence electrons. The number of rotatable bonds is 7. The van der Waals surface area contributed by atoms with Crippen molar-refractivity contribution in [1.82, 2.24) is 20.1 Å². The van der Waals surface area contributed by atoms with Gasteiger partial charge in [0.25, 0.3) is 5.91 Å². The van der Waals surface area contributed by atoms with Crippen molar-refractivity contribution in [2.75, 3.05) is 26.3 Å². The minimum Gasteiger partial charge on any atom is -0.395 e. The van der Waals surface area contributed by atoms with Crippen molar-refractivity contribution in [1.29, 1.82) is 0 Å². The maximum Gasteiger partial charge on any atom is 0.293 e. The highest BCUT2D eigenvalue weighted by molar-refractivity contribution is 5.90. The van der Waals surface area contributed by atoms with Gasteiger partial charge in [0.15, 0.2) is 0 Å². The van der Waals surface area contributed by atoms with Crippen molar-refractivity contribution in [3.63, 3.8) is 0 Å². The van der Waals surface area contributed by atoms with E-state index in [1.54, 1.807) is 0 Å². The molecule has 0 atom stereocenters. The van der Waals surface area contributed by atoms with E-state index in [0.717, 1.165) is 12.8 Å². The second-order valence-corrected chi connectivity index (χ2v) is 3.60. The van der Waals surface area contributed by atoms with Crippen LogP contribution in [-0.2, 0) is 6.42 Å². The zero-order chi connectivity index (χ0) is 12.7. The van der Waals surface area contributed by atoms with Crippen LogP contribution >= 0.6 is 0 Å². The van der Waals surface area contributed by atoms with Crippen molar-refractivity contribution in [3.8, 4) is 0 Å². The van der Waals surface area contributed by atoms with Crippen LogP contribution in [0.5, 0.6) is 0 Å². The number of hydrogen-bond donors (Lipinski definition) is 3. The van der Waals surface area contributed by atoms with Gasteiger partial charge in [0, 0.05) is 19.5 Å². The zero-order valence-corrected chi connectivity index (χ0v) is 9.89. The molecule has 17 heavy (non-hydrogen) atoms. The largest absolute Gasteiger partial charge is 0.395 e. The van der Waals surface area contributed by atoms with E-state index in [9.17, 15) is 4.79 Å². The van der Waals surface area contributed by atoms with Crippen LogP contribution in [0.4, 0.5) is 0 Å². The van der Waals surface area contributed by atoms with Crippen LogP contribution < -0.4 is 0 Å². The number of aryl methyl sites for hydroxylation is 1. The highest BCUT2D eigenvalue weighted by Gasteiger charge is 2.19. The van der Waals surface area contributed by atoms with Crippen molar-refractivity contribution < 1.29 is 15.0 Å². The van der Waals surface area contributed by atoms with Gasteiger partial charge < -0.3 is 15.1 Å². The zero-order valence-electron chi connectivity index (χ0n) is 9.89. The maximum absolute atomic E-state index is 11.9. The normalized spacial score (nSPS) is 10.5. The number of amides is 1. The minimum atomic E-state index is -0.383. The van der Waals surface area contributed by atoms with Gasteiger partial charge >= 0.3 is 0 Å². The highest BCUT2D eigenvalue weighted by atomic mass is 16.3. The molecule has 0 unspecified atom stereocenters. The number of nitrogens with one attached hydrogen (secondary N) is 1. The van der Waals surface area contributed by atoms with Gasteiger partial charge in [-0.3, -0.25) is 9.89 Å². The molecule has 0 bridgehead atoms. The van der Waals surface area contributed by atoms with E-state index in [4.69, 9.17) is 10.2 Å². The summed E-state index contributed by atoms with van der Waals surface area (Å²) in [4.78, 5) is 17.3. The number of H-pyrrole nitrogens is 1. The van der Waals surface area contributed by atoms with Crippen LogP contribution in [0.25, 0.3) is 0 Å². The van der Waals surface area contributed by atoms with Gasteiger partial charge in [-0.2, -0.15) is 0 Å². The summed E-state index contributed by atoms with van der Waals surface area (Å²) in [6, 6.07) is 0. The van der Waals surface area contributed by atoms with Gasteiger partial charge in [0.05, 0.1) is 13.2 Å². The molecular weight excluding hydrogens is 224 g/mol. The van der Waals surface area contributed by atoms with Crippen molar-refractivity contribution >= 4 is 5.91 Å². The molecule has 0 aromatic carbocycles. The predicted molar refractivity (Wildman–Crippen MR) is 60.5 cm³/mol. The highest BCUT2D eigenvalue weighted by Crippen LogP contribution is 2.01. The first-order valence-electron chi connectivity index (χ1n) is 5.65. The lowest BCUT2D eigenvalue weighted by molar-refractivity contribution is 0.0673. The van der Waals surface area contributed by atoms with E-state index in [1.165, 1.54) is 4.90 Å². The Hall–Kier alpha value is -1.47. The number of aromatic amines is 1. The molecule has 0 aliphatic rings. The third kappa shape index (κ3) is 3.79. The molecule has 1 amide bonds. The monoisotopic (exact) mass is 242 g/mol. The topological polar surface area (TPSA) is 102 Å². The molecule has 1 aromatic rings. The Kier molecular flexibility index (Phi) is 5.58. The van der Waals surface area contributed by atoms with Gasteiger partial charge in [-0.15, -0.1) is 5.10 Å². The quantitative estimate of drug-likeness (QED) is 0.580. The number of carbonyl (C=O) groups is 1. The third-order valence-corrected chi connectivity index (χ3v) is 2.24. The molecule has 1 heterocycles. The summed E-state index contributed by atoms with van der Waals surface area (Å²) >= 11 is 0. The fourth-order valence-electron chi connectivity index (χ4n) is 1.44. The molecule has 0 saturated heterocycles. The number of hydrogen-bond acceptors (Lipinski definition) is 5. The molecule has 1 rings (SSSR count). The van der Waals surface area contributed by atoms with Gasteiger partial charge in [-0.05, 0) is 6.42 Å². The first kappa shape index (κ1) is 13.6. The van der Waals surface area contributed by atoms with Crippen LogP contribution in [0.1, 0.15) is 29.8 Å². The van der Waals surface area contributed by atoms with Crippen LogP contribution in [0, 0.1) is 0 Å². The molecule has 7 heteroatoms. The number of carbonyl (C=O) groups excluding carboxylic acids is 1. The fraction of sp³-hybridized carbons (Fsp3) is 0.700. The van der Waals surface area contributed by atoms with E-state index < -0.39 is 0 Å². The molecular formula is C10H18N4O3. The average Bonchev–Trinajstić information content (AvgIpc) is 2.77. The van der Waals surface area contributed by atoms with Gasteiger partial charge in [0.2, 0.25) is 5.82 Å². The Morgan fingerprint density at radius 1 is 1.35 bits per heavy atom. The van der Waals surface area contributed by atoms with Crippen molar-refractivity contribution in [3.05, 3.63) is 11.6 Å². The Labute approximate surface area is 99.5 Å². The summed E-state index contributed by atoms with van der Waals surface area (Å²) < 4.78 is 0. The van der Waals surface area contributed by atoms with E-state index in [1.807, 2.05) is 6.92 Å². The van der Waals surface area contributed by atoms with Crippen molar-refractivity contribution in [2.24, 2.45) is 0 Å². The van der Waals surface area contributed by atoms with E-state index in [0.29, 0.717) is 5.82 Å². The van der Waals surface area contributed by atoms with Gasteiger partial charge in [-0.1, -0.05) is 6.92 Å². The molecule has 1 aromatic heterocycles. The molecule has 3 N–H and O–H groups in total. The SMILES string of the molecule is CCCc1nc(C(=O)N(CCO)CCO)n[nH]1. The molecule has 0 aliphatic carbocycles. The Morgan fingerprint density at radius 3 is 2.53 bits per heavy atom. The van der Waals surface area contributed by atoms with E-state index >= 15 is 0 Å². The lowest BCUT2D eigenvalue weighted by Crippen LogP contribution is -2.36. The number of nitrogens with zero attached hydrogens (tertiary/aromatic N) is 3. The molecule has 7 nitrogen and oxygen atoms in total. The van der Waals surface area contributed by atoms with Crippen LogP contribution in [0.2, 0.25) is 0 Å². The fourth-order valence-corrected chi connectivity index (χ4v) is 1.44. The first-order chi connectivity index (χ1) is 8.22. The number of aliphatic hydroxyl groups is 2. The van der Waals surface area contributed by atoms with Gasteiger partial charge in [0.1, 0.15) is 5.82 Å². The standard InChI is InChI=1S/C10H18N4O3/c1-2-3-8-11-9(13-12-8)10(17)14(4-6-15)5-7-16/h15-16H,2-7H2,1H3,(H,11,12,13). The minimum absolute atomic E-state index is 0.0790. The summed E-state index contributed by atoms with van der Waals surface area (Å²) in [6.07, 6.45) is 1.65. The molecule has 0 radical (unpaired) electrons. The van der Waals surface area contributed by atoms with Crippen LogP contribution in [-0.4, -0.2) is 62.5 Å². The lowest BCUT2D eigenvalue weighted by Gasteiger charge is -2.18. The average molecular weight is 242 g/mol. The molecule has 0 saturated carbocycles. The Balaban J connectivity index is 2.70. The Morgan fingerprint density at radius 2 is 2.00 bits per heavy atom. The smallest absolute Gasteiger partial charge is 0.293 e. The summed E-state index contributed by atoms with van der Waals surface area (Å²) in [5.41, 5.74) is 0. The predicted octanol–water partition coefficient (Wildman–Crippen LogP) is -0.816. The van der Waals surface area contributed by atoms with Crippen molar-refractivity contribution in [2.45, 2.75) is 19.8 Å². The maximum atomic E-state index is 11.9. The van der Waals surface area contributed by atoms with Gasteiger partial charge in [-0.25, -0.2) is 4.98 Å². The van der Waals surface area contributed by atoms with E-state index in [2.05, 4.69) is 15.2 Å². The summed E-state index contributed by atoms with van der Waals surface area (Å²) in [6.45, 7) is 2.03. The lowest BCUT2D eigenvalue weighted by atomic mass is 10.3. The van der Waals surface area contributed by atoms with Crippen LogP contribution in [0.3, 0.4) is 0 Å². The second kappa shape index (κ2) is 6.97. The van der Waals surface area contributed by atoms with E-state index in [-0.39, 0.29) is 38.0 Å². The van der Waals surface area contributed by atoms with Crippen LogP contribution in [0.15, 0.2) is 0 Å².